The predicted molar refractivity (Wildman–Crippen MR) is 40.4 cm³/mol. The van der Waals surface area contributed by atoms with E-state index in [1.54, 1.807) is 0 Å². The summed E-state index contributed by atoms with van der Waals surface area (Å²) in [6.45, 7) is 1.49. The molecule has 0 bridgehead atoms. The molecule has 0 spiro atoms. The molecule has 0 amide bonds. The highest BCUT2D eigenvalue weighted by Gasteiger charge is 2.00. The highest BCUT2D eigenvalue weighted by atomic mass is 35.5. The second kappa shape index (κ2) is 2.84. The fraction of sp³-hybridized carbons (Fsp3) is 0.167. The molecule has 11 heavy (non-hydrogen) atoms. The third-order valence-electron chi connectivity index (χ3n) is 1.18. The Bertz CT molecular complexity index is 345. The number of carbonyl (C=O) groups excluding carboxylic acids is 1. The van der Waals surface area contributed by atoms with E-state index in [1.165, 1.54) is 13.1 Å². The van der Waals surface area contributed by atoms with Crippen molar-refractivity contribution in [2.24, 2.45) is 0 Å². The van der Waals surface area contributed by atoms with Crippen LogP contribution >= 0.6 is 11.6 Å². The van der Waals surface area contributed by atoms with Crippen molar-refractivity contribution in [1.29, 1.82) is 0 Å². The topological polar surface area (TPSA) is 52.0 Å². The zero-order valence-corrected chi connectivity index (χ0v) is 6.50. The van der Waals surface area contributed by atoms with Crippen molar-refractivity contribution in [3.05, 3.63) is 27.4 Å². The van der Waals surface area contributed by atoms with Crippen molar-refractivity contribution in [1.82, 2.24) is 9.55 Å². The highest BCUT2D eigenvalue weighted by molar-refractivity contribution is 6.29. The molecule has 4 nitrogen and oxygen atoms in total. The summed E-state index contributed by atoms with van der Waals surface area (Å²) in [7, 11) is 0. The average Bonchev–Trinajstić information content (AvgIpc) is 1.96. The fourth-order valence-electron chi connectivity index (χ4n) is 0.675. The van der Waals surface area contributed by atoms with Crippen LogP contribution in [0.1, 0.15) is 5.69 Å². The van der Waals surface area contributed by atoms with Crippen LogP contribution in [0.3, 0.4) is 0 Å². The second-order valence-corrected chi connectivity index (χ2v) is 2.35. The number of hydrogen-bond donors (Lipinski definition) is 0. The maximum atomic E-state index is 11.0. The number of carbonyl (C=O) groups is 1. The third kappa shape index (κ3) is 1.46. The fourth-order valence-corrected chi connectivity index (χ4v) is 0.907. The van der Waals surface area contributed by atoms with Crippen LogP contribution in [0, 0.1) is 6.92 Å². The molecule has 58 valence electrons. The van der Waals surface area contributed by atoms with Gasteiger partial charge in [0.05, 0.1) is 6.20 Å². The minimum Gasteiger partial charge on any atom is -0.278 e. The van der Waals surface area contributed by atoms with Crippen molar-refractivity contribution in [3.8, 4) is 0 Å². The van der Waals surface area contributed by atoms with Crippen LogP contribution in [0.5, 0.6) is 0 Å². The SMILES string of the molecule is Cc1nc(Cl)cn(C=O)c1=O. The highest BCUT2D eigenvalue weighted by Crippen LogP contribution is 1.99. The first kappa shape index (κ1) is 7.94. The summed E-state index contributed by atoms with van der Waals surface area (Å²) in [6.07, 6.45) is 1.56. The Morgan fingerprint density at radius 3 is 2.91 bits per heavy atom. The maximum Gasteiger partial charge on any atom is 0.278 e. The van der Waals surface area contributed by atoms with Crippen molar-refractivity contribution < 1.29 is 4.79 Å². The number of aryl methyl sites for hydroxylation is 1. The molecule has 0 aliphatic heterocycles. The summed E-state index contributed by atoms with van der Waals surface area (Å²) in [5, 5.41) is 0.134. The van der Waals surface area contributed by atoms with Crippen LogP contribution in [0.4, 0.5) is 0 Å². The van der Waals surface area contributed by atoms with E-state index in [9.17, 15) is 9.59 Å². The first-order valence-electron chi connectivity index (χ1n) is 2.85. The van der Waals surface area contributed by atoms with Gasteiger partial charge in [0.1, 0.15) is 10.8 Å². The van der Waals surface area contributed by atoms with Gasteiger partial charge in [-0.25, -0.2) is 4.98 Å². The summed E-state index contributed by atoms with van der Waals surface area (Å²) < 4.78 is 0.852. The molecule has 0 atom stereocenters. The van der Waals surface area contributed by atoms with E-state index in [0.29, 0.717) is 6.41 Å². The van der Waals surface area contributed by atoms with Crippen molar-refractivity contribution in [2.75, 3.05) is 0 Å². The Balaban J connectivity index is 3.48. The van der Waals surface area contributed by atoms with Gasteiger partial charge in [-0.05, 0) is 6.92 Å². The van der Waals surface area contributed by atoms with Crippen LogP contribution in [-0.4, -0.2) is 16.0 Å². The molecule has 0 saturated carbocycles. The second-order valence-electron chi connectivity index (χ2n) is 1.97. The molecular weight excluding hydrogens is 168 g/mol. The largest absolute Gasteiger partial charge is 0.278 e. The minimum atomic E-state index is -0.440. The Hall–Kier alpha value is -1.16. The predicted octanol–water partition coefficient (Wildman–Crippen LogP) is 0.243. The summed E-state index contributed by atoms with van der Waals surface area (Å²) in [4.78, 5) is 24.8. The van der Waals surface area contributed by atoms with Gasteiger partial charge in [-0.2, -0.15) is 0 Å². The van der Waals surface area contributed by atoms with Gasteiger partial charge in [0.15, 0.2) is 0 Å². The molecule has 5 heteroatoms. The normalized spacial score (nSPS) is 9.64. The Morgan fingerprint density at radius 2 is 2.36 bits per heavy atom. The van der Waals surface area contributed by atoms with E-state index in [2.05, 4.69) is 4.98 Å². The molecule has 1 aromatic heterocycles. The van der Waals surface area contributed by atoms with Crippen LogP contribution in [0.15, 0.2) is 11.0 Å². The van der Waals surface area contributed by atoms with Crippen molar-refractivity contribution in [3.63, 3.8) is 0 Å². The lowest BCUT2D eigenvalue weighted by Gasteiger charge is -1.96. The van der Waals surface area contributed by atoms with E-state index >= 15 is 0 Å². The molecule has 0 fully saturated rings. The number of hydrogen-bond acceptors (Lipinski definition) is 3. The number of nitrogens with zero attached hydrogens (tertiary/aromatic N) is 2. The summed E-state index contributed by atoms with van der Waals surface area (Å²) in [5.74, 6) is 0. The van der Waals surface area contributed by atoms with Crippen LogP contribution in [-0.2, 0) is 4.79 Å². The molecule has 0 aromatic carbocycles. The first-order chi connectivity index (χ1) is 5.15. The Morgan fingerprint density at radius 1 is 1.73 bits per heavy atom. The summed E-state index contributed by atoms with van der Waals surface area (Å²) in [6, 6.07) is 0. The quantitative estimate of drug-likeness (QED) is 0.571. The van der Waals surface area contributed by atoms with Gasteiger partial charge >= 0.3 is 0 Å². The molecular formula is C6H5ClN2O2. The monoisotopic (exact) mass is 172 g/mol. The van der Waals surface area contributed by atoms with Gasteiger partial charge in [0.25, 0.3) is 5.56 Å². The molecule has 0 radical (unpaired) electrons. The van der Waals surface area contributed by atoms with E-state index in [-0.39, 0.29) is 10.8 Å². The molecule has 0 unspecified atom stereocenters. The van der Waals surface area contributed by atoms with Crippen LogP contribution in [0.2, 0.25) is 5.15 Å². The van der Waals surface area contributed by atoms with Gasteiger partial charge in [-0.15, -0.1) is 0 Å². The van der Waals surface area contributed by atoms with E-state index < -0.39 is 5.56 Å². The zero-order chi connectivity index (χ0) is 8.43. The van der Waals surface area contributed by atoms with Gasteiger partial charge in [-0.1, -0.05) is 11.6 Å². The van der Waals surface area contributed by atoms with E-state index in [0.717, 1.165) is 4.57 Å². The number of halogens is 1. The maximum absolute atomic E-state index is 11.0. The number of rotatable bonds is 1. The summed E-state index contributed by atoms with van der Waals surface area (Å²) >= 11 is 5.47. The van der Waals surface area contributed by atoms with Crippen LogP contribution < -0.4 is 5.56 Å². The first-order valence-corrected chi connectivity index (χ1v) is 3.23. The molecule has 1 rings (SSSR count). The van der Waals surface area contributed by atoms with Gasteiger partial charge in [-0.3, -0.25) is 14.2 Å². The van der Waals surface area contributed by atoms with E-state index in [1.807, 2.05) is 0 Å². The molecule has 0 aliphatic carbocycles. The lowest BCUT2D eigenvalue weighted by Crippen LogP contribution is -2.22. The van der Waals surface area contributed by atoms with Crippen molar-refractivity contribution in [2.45, 2.75) is 6.92 Å². The standard InChI is InChI=1S/C6H5ClN2O2/c1-4-6(11)9(3-10)2-5(7)8-4/h2-3H,1H3. The van der Waals surface area contributed by atoms with Gasteiger partial charge in [0, 0.05) is 0 Å². The lowest BCUT2D eigenvalue weighted by atomic mass is 10.5. The van der Waals surface area contributed by atoms with Crippen molar-refractivity contribution >= 4 is 18.0 Å². The molecule has 0 saturated heterocycles. The molecule has 0 aliphatic rings. The van der Waals surface area contributed by atoms with Gasteiger partial charge < -0.3 is 0 Å². The lowest BCUT2D eigenvalue weighted by molar-refractivity contribution is 0.544. The molecule has 1 heterocycles. The third-order valence-corrected chi connectivity index (χ3v) is 1.36. The Labute approximate surface area is 67.4 Å². The average molecular weight is 173 g/mol. The minimum absolute atomic E-state index is 0.134. The molecule has 1 aromatic rings. The Kier molecular flexibility index (Phi) is 2.05. The number of aromatic nitrogens is 2. The smallest absolute Gasteiger partial charge is 0.278 e. The molecule has 0 N–H and O–H groups in total. The zero-order valence-electron chi connectivity index (χ0n) is 5.74. The van der Waals surface area contributed by atoms with Gasteiger partial charge in [0.2, 0.25) is 6.41 Å². The summed E-state index contributed by atoms with van der Waals surface area (Å²) in [5.41, 5.74) is -0.228. The van der Waals surface area contributed by atoms with Crippen LogP contribution in [0.25, 0.3) is 0 Å². The van der Waals surface area contributed by atoms with E-state index in [4.69, 9.17) is 11.6 Å².